The van der Waals surface area contributed by atoms with Gasteiger partial charge in [0.2, 0.25) is 0 Å². The van der Waals surface area contributed by atoms with Crippen molar-refractivity contribution in [3.63, 3.8) is 0 Å². The zero-order valence-electron chi connectivity index (χ0n) is 22.9. The van der Waals surface area contributed by atoms with Crippen molar-refractivity contribution in [1.29, 1.82) is 0 Å². The van der Waals surface area contributed by atoms with E-state index in [4.69, 9.17) is 11.8 Å². The standard InChI is InChI=1S/H44P44S/c1-24(2)35(23-45)41(36(25(3)4)26(5)6)44(42(37(27(7)8)28(9)10)38(29(11)12)30(13)14)43(39(31(15)16)32(17)18)40(33(19)20)34(21)22/h1-22H2. The molecule has 270 valence electrons. The van der Waals surface area contributed by atoms with Gasteiger partial charge in [0.25, 0.3) is 0 Å². The Kier molecular flexibility index (Phi) is 50.0. The highest BCUT2D eigenvalue weighted by atomic mass is 33.6. The SMILES string of the molecule is PP(P)P(P=S)P(P(P(P)P)P(P)P)P(P(P(P(P)P)P(P)P)P(P(P)P)P(P)P)P(P(P(P)P)P(P)P)P(P(P)P)P(P)P. The molecule has 0 radical (unpaired) electrons. The van der Waals surface area contributed by atoms with Gasteiger partial charge >= 0.3 is 0 Å². The Hall–Kier alpha value is 19.0. The van der Waals surface area contributed by atoms with Crippen LogP contribution in [0.1, 0.15) is 0 Å². The van der Waals surface area contributed by atoms with Gasteiger partial charge in [-0.1, -0.05) is 11.8 Å². The highest BCUT2D eigenvalue weighted by Gasteiger charge is 2.57. The molecule has 0 aromatic heterocycles. The van der Waals surface area contributed by atoms with Gasteiger partial charge in [-0.3, -0.25) is 0 Å². The van der Waals surface area contributed by atoms with Crippen LogP contribution in [0.5, 0.6) is 0 Å². The Morgan fingerprint density at radius 1 is 0.222 bits per heavy atom. The first-order valence-corrected chi connectivity index (χ1v) is 90.6. The molecule has 0 rings (SSSR count). The number of rotatable bonds is 21. The van der Waals surface area contributed by atoms with Crippen molar-refractivity contribution < 1.29 is 0 Å². The fourth-order valence-corrected chi connectivity index (χ4v) is 619. The van der Waals surface area contributed by atoms with E-state index in [9.17, 15) is 0 Å². The zero-order valence-corrected chi connectivity index (χ0v) is 68.8. The highest BCUT2D eigenvalue weighted by Crippen LogP contribution is 3.44. The van der Waals surface area contributed by atoms with Crippen molar-refractivity contribution >= 4 is 362 Å². The summed E-state index contributed by atoms with van der Waals surface area (Å²) >= 11 is 6.30. The van der Waals surface area contributed by atoms with Crippen LogP contribution in [-0.2, 0) is 11.8 Å². The first-order valence-electron chi connectivity index (χ1n) is 10.1. The fourth-order valence-electron chi connectivity index (χ4n) is 2.55. The topological polar surface area (TPSA) is 0 Å². The summed E-state index contributed by atoms with van der Waals surface area (Å²) < 4.78 is 0. The zero-order chi connectivity index (χ0) is 35.8. The molecule has 0 nitrogen and oxygen atoms in total. The van der Waals surface area contributed by atoms with E-state index < -0.39 is 0 Å². The summed E-state index contributed by atoms with van der Waals surface area (Å²) in [5, 5.41) is 0. The van der Waals surface area contributed by atoms with Gasteiger partial charge in [-0.05, 0) is 126 Å². The summed E-state index contributed by atoms with van der Waals surface area (Å²) in [4.78, 5) is 0. The van der Waals surface area contributed by atoms with Crippen molar-refractivity contribution in [2.45, 2.75) is 0 Å². The summed E-state index contributed by atoms with van der Waals surface area (Å²) in [6, 6.07) is 0. The first kappa shape index (κ1) is 64.0. The van der Waals surface area contributed by atoms with Gasteiger partial charge in [0.1, 0.15) is 0 Å². The van der Waals surface area contributed by atoms with Gasteiger partial charge in [-0.2, -0.15) is 0 Å². The summed E-state index contributed by atoms with van der Waals surface area (Å²) in [5.41, 5.74) is 0. The predicted molar refractivity (Wildman–Crippen MR) is 373 cm³/mol. The van der Waals surface area contributed by atoms with E-state index in [0.717, 1.165) is 0 Å². The maximum Gasteiger partial charge on any atom is 0.0268 e. The van der Waals surface area contributed by atoms with Gasteiger partial charge in [0, 0.05) is 28.0 Å². The van der Waals surface area contributed by atoms with Gasteiger partial charge in [0.05, 0.1) is 0 Å². The second-order valence-electron chi connectivity index (χ2n) is 6.95. The third-order valence-corrected chi connectivity index (χ3v) is 307. The van der Waals surface area contributed by atoms with Crippen LogP contribution in [0.2, 0.25) is 0 Å². The third kappa shape index (κ3) is 23.0. The average Bonchev–Trinajstić information content (AvgIpc) is 2.81. The molecule has 0 spiro atoms. The Morgan fingerprint density at radius 3 is 0.511 bits per heavy atom. The minimum absolute atomic E-state index is 0.115. The molecule has 45 heteroatoms. The van der Waals surface area contributed by atoms with E-state index in [0.29, 0.717) is 0 Å². The molecule has 45 heavy (non-hydrogen) atoms. The molecule has 0 aliphatic heterocycles. The van der Waals surface area contributed by atoms with Crippen LogP contribution in [0.4, 0.5) is 0 Å². The first-order chi connectivity index (χ1) is 20.5. The van der Waals surface area contributed by atoms with Gasteiger partial charge in [-0.15, -0.1) is 196 Å². The van der Waals surface area contributed by atoms with Crippen LogP contribution in [0.15, 0.2) is 0 Å². The van der Waals surface area contributed by atoms with Crippen LogP contribution in [0.25, 0.3) is 0 Å². The summed E-state index contributed by atoms with van der Waals surface area (Å²) in [5.74, 6) is 0. The second kappa shape index (κ2) is 35.2. The summed E-state index contributed by atoms with van der Waals surface area (Å²) in [6.45, 7) is -3.52. The lowest BCUT2D eigenvalue weighted by Gasteiger charge is -2.57. The average molecular weight is 1440 g/mol. The fraction of sp³-hybridized carbons (Fsp3) is 0. The molecule has 0 amide bonds. The van der Waals surface area contributed by atoms with Crippen LogP contribution >= 0.6 is 350 Å². The lowest BCUT2D eigenvalue weighted by Crippen LogP contribution is -1.69. The van der Waals surface area contributed by atoms with E-state index in [1.807, 2.05) is 0 Å². The second-order valence-corrected chi connectivity index (χ2v) is 188. The molecular formula is H44P44S. The lowest BCUT2D eigenvalue weighted by atomic mass is 28.4. The maximum absolute atomic E-state index is 6.30. The smallest absolute Gasteiger partial charge is 0.0268 e. The maximum atomic E-state index is 6.30. The predicted octanol–water partition coefficient (Wildman–Crippen LogP) is 26.1. The van der Waals surface area contributed by atoms with Crippen molar-refractivity contribution in [2.24, 2.45) is 0 Å². The molecule has 0 aliphatic rings. The van der Waals surface area contributed by atoms with Crippen LogP contribution in [0, 0.1) is 0 Å². The molecule has 0 N–H and O–H groups in total. The van der Waals surface area contributed by atoms with E-state index in [-0.39, 0.29) is 147 Å². The van der Waals surface area contributed by atoms with E-state index in [2.05, 4.69) is 196 Å². The molecule has 0 aliphatic carbocycles. The monoisotopic (exact) mass is 1440 g/mol. The Labute approximate surface area is 357 Å². The molecule has 0 saturated carbocycles. The Balaban J connectivity index is 9.01. The van der Waals surface area contributed by atoms with Crippen LogP contribution in [0.3, 0.4) is 0 Å². The highest BCUT2D eigenvalue weighted by molar-refractivity contribution is 9.50. The molecule has 24 atom stereocenters. The summed E-state index contributed by atoms with van der Waals surface area (Å²) in [6.07, 6.45) is 0. The van der Waals surface area contributed by atoms with Crippen molar-refractivity contribution in [2.75, 3.05) is 0 Å². The molecular weight excluding hydrogens is 1390 g/mol. The van der Waals surface area contributed by atoms with Gasteiger partial charge < -0.3 is 0 Å². The largest absolute Gasteiger partial charge is 0.102 e. The third-order valence-electron chi connectivity index (χ3n) is 3.79. The molecule has 0 aromatic rings. The quantitative estimate of drug-likeness (QED) is 0.103. The normalized spacial score (nSPS) is 15.7. The lowest BCUT2D eigenvalue weighted by molar-refractivity contribution is 4.37. The number of hydrogen-bond donors (Lipinski definition) is 0. The molecule has 0 bridgehead atoms. The molecule has 0 fully saturated rings. The Bertz CT molecular complexity index is 657. The van der Waals surface area contributed by atoms with E-state index in [1.54, 1.807) is 0 Å². The molecule has 0 heterocycles. The van der Waals surface area contributed by atoms with E-state index in [1.165, 1.54) is 7.04 Å². The molecule has 0 saturated heterocycles. The molecule has 24 unspecified atom stereocenters. The molecule has 0 aromatic carbocycles. The van der Waals surface area contributed by atoms with Crippen LogP contribution < -0.4 is 0 Å². The van der Waals surface area contributed by atoms with Crippen molar-refractivity contribution in [3.8, 4) is 0 Å². The summed E-state index contributed by atoms with van der Waals surface area (Å²) in [7, 11) is 76.4. The minimum atomic E-state index is -0.241. The van der Waals surface area contributed by atoms with Gasteiger partial charge in [-0.25, -0.2) is 0 Å². The van der Waals surface area contributed by atoms with E-state index >= 15 is 0 Å². The number of hydrogen-bond acceptors (Lipinski definition) is 1. The van der Waals surface area contributed by atoms with Crippen molar-refractivity contribution in [3.05, 3.63) is 0 Å². The Morgan fingerprint density at radius 2 is 0.378 bits per heavy atom. The van der Waals surface area contributed by atoms with Crippen LogP contribution in [-0.4, -0.2) is 0 Å². The van der Waals surface area contributed by atoms with Crippen molar-refractivity contribution in [1.82, 2.24) is 0 Å². The minimum Gasteiger partial charge on any atom is -0.102 e. The van der Waals surface area contributed by atoms with Gasteiger partial charge in [0.15, 0.2) is 0 Å².